The standard InChI is InChI=1S/C15H17NO2S/c1-4-12-14(15(17)18)19-13(16-12)8-11-6-5-9(2)10(3)7-11/h5-7H,4,8H2,1-3H3,(H,17,18). The number of aryl methyl sites for hydroxylation is 3. The van der Waals surface area contributed by atoms with Gasteiger partial charge >= 0.3 is 5.97 Å². The Morgan fingerprint density at radius 2 is 2.05 bits per heavy atom. The zero-order valence-electron chi connectivity index (χ0n) is 11.4. The van der Waals surface area contributed by atoms with Gasteiger partial charge in [0.2, 0.25) is 0 Å². The zero-order chi connectivity index (χ0) is 14.0. The molecule has 0 aliphatic carbocycles. The maximum atomic E-state index is 11.1. The van der Waals surface area contributed by atoms with Crippen LogP contribution in [0, 0.1) is 13.8 Å². The van der Waals surface area contributed by atoms with Crippen LogP contribution in [0.15, 0.2) is 18.2 Å². The molecule has 1 aromatic carbocycles. The highest BCUT2D eigenvalue weighted by atomic mass is 32.1. The van der Waals surface area contributed by atoms with E-state index in [0.29, 0.717) is 23.4 Å². The first-order valence-corrected chi connectivity index (χ1v) is 7.11. The molecule has 1 heterocycles. The fourth-order valence-corrected chi connectivity index (χ4v) is 3.00. The van der Waals surface area contributed by atoms with Crippen molar-refractivity contribution < 1.29 is 9.90 Å². The third kappa shape index (κ3) is 3.01. The van der Waals surface area contributed by atoms with E-state index >= 15 is 0 Å². The molecule has 1 N–H and O–H groups in total. The number of thiazole rings is 1. The zero-order valence-corrected chi connectivity index (χ0v) is 12.2. The number of carboxylic acids is 1. The summed E-state index contributed by atoms with van der Waals surface area (Å²) in [5, 5.41) is 10.00. The third-order valence-electron chi connectivity index (χ3n) is 3.20. The van der Waals surface area contributed by atoms with Crippen LogP contribution >= 0.6 is 11.3 Å². The highest BCUT2D eigenvalue weighted by molar-refractivity contribution is 7.13. The quantitative estimate of drug-likeness (QED) is 0.927. The summed E-state index contributed by atoms with van der Waals surface area (Å²) in [5.74, 6) is -0.874. The van der Waals surface area contributed by atoms with Crippen LogP contribution in [0.5, 0.6) is 0 Å². The molecule has 0 aliphatic heterocycles. The molecule has 0 unspecified atom stereocenters. The van der Waals surface area contributed by atoms with Crippen LogP contribution < -0.4 is 0 Å². The molecule has 1 aromatic heterocycles. The third-order valence-corrected chi connectivity index (χ3v) is 4.28. The second-order valence-electron chi connectivity index (χ2n) is 4.64. The minimum atomic E-state index is -0.874. The summed E-state index contributed by atoms with van der Waals surface area (Å²) < 4.78 is 0. The van der Waals surface area contributed by atoms with Gasteiger partial charge in [0.1, 0.15) is 4.88 Å². The van der Waals surface area contributed by atoms with E-state index in [-0.39, 0.29) is 0 Å². The summed E-state index contributed by atoms with van der Waals surface area (Å²) in [5.41, 5.74) is 4.39. The molecule has 100 valence electrons. The number of rotatable bonds is 4. The van der Waals surface area contributed by atoms with Crippen molar-refractivity contribution in [1.29, 1.82) is 0 Å². The van der Waals surface area contributed by atoms with E-state index in [0.717, 1.165) is 5.01 Å². The Bertz CT molecular complexity index is 617. The van der Waals surface area contributed by atoms with Crippen molar-refractivity contribution in [2.75, 3.05) is 0 Å². The molecule has 0 saturated carbocycles. The van der Waals surface area contributed by atoms with Gasteiger partial charge in [-0.3, -0.25) is 0 Å². The highest BCUT2D eigenvalue weighted by Crippen LogP contribution is 2.22. The molecule has 0 amide bonds. The van der Waals surface area contributed by atoms with Gasteiger partial charge in [0.05, 0.1) is 10.7 Å². The van der Waals surface area contributed by atoms with Crippen molar-refractivity contribution in [2.45, 2.75) is 33.6 Å². The molecule has 0 atom stereocenters. The SMILES string of the molecule is CCc1nc(Cc2ccc(C)c(C)c2)sc1C(=O)O. The molecule has 2 aromatic rings. The van der Waals surface area contributed by atoms with Crippen LogP contribution in [-0.2, 0) is 12.8 Å². The Morgan fingerprint density at radius 1 is 1.32 bits per heavy atom. The first-order valence-electron chi connectivity index (χ1n) is 6.29. The number of hydrogen-bond donors (Lipinski definition) is 1. The van der Waals surface area contributed by atoms with Crippen LogP contribution in [0.4, 0.5) is 0 Å². The monoisotopic (exact) mass is 275 g/mol. The Balaban J connectivity index is 2.28. The largest absolute Gasteiger partial charge is 0.477 e. The van der Waals surface area contributed by atoms with E-state index in [9.17, 15) is 4.79 Å². The van der Waals surface area contributed by atoms with Crippen molar-refractivity contribution >= 4 is 17.3 Å². The van der Waals surface area contributed by atoms with Gasteiger partial charge in [0.25, 0.3) is 0 Å². The lowest BCUT2D eigenvalue weighted by Crippen LogP contribution is -1.97. The molecule has 2 rings (SSSR count). The first kappa shape index (κ1) is 13.7. The molecule has 3 nitrogen and oxygen atoms in total. The second-order valence-corrected chi connectivity index (χ2v) is 5.72. The number of benzene rings is 1. The van der Waals surface area contributed by atoms with Gasteiger partial charge in [-0.05, 0) is 37.0 Å². The van der Waals surface area contributed by atoms with Crippen LogP contribution in [0.1, 0.15) is 44.0 Å². The summed E-state index contributed by atoms with van der Waals surface area (Å²) in [6, 6.07) is 6.32. The molecule has 0 bridgehead atoms. The van der Waals surface area contributed by atoms with Crippen LogP contribution in [0.3, 0.4) is 0 Å². The molecule has 0 radical (unpaired) electrons. The minimum Gasteiger partial charge on any atom is -0.477 e. The molecule has 19 heavy (non-hydrogen) atoms. The Labute approximate surface area is 116 Å². The van der Waals surface area contributed by atoms with Crippen molar-refractivity contribution in [3.63, 3.8) is 0 Å². The van der Waals surface area contributed by atoms with E-state index < -0.39 is 5.97 Å². The van der Waals surface area contributed by atoms with Gasteiger partial charge in [-0.25, -0.2) is 9.78 Å². The highest BCUT2D eigenvalue weighted by Gasteiger charge is 2.16. The van der Waals surface area contributed by atoms with Gasteiger partial charge in [-0.1, -0.05) is 25.1 Å². The number of carboxylic acid groups (broad SMARTS) is 1. The predicted octanol–water partition coefficient (Wildman–Crippen LogP) is 3.61. The number of nitrogens with zero attached hydrogens (tertiary/aromatic N) is 1. The molecular weight excluding hydrogens is 258 g/mol. The van der Waals surface area contributed by atoms with E-state index in [1.165, 1.54) is 28.0 Å². The van der Waals surface area contributed by atoms with Gasteiger partial charge in [-0.15, -0.1) is 11.3 Å². The molecular formula is C15H17NO2S. The minimum absolute atomic E-state index is 0.376. The van der Waals surface area contributed by atoms with Crippen molar-refractivity contribution in [3.8, 4) is 0 Å². The normalized spacial score (nSPS) is 10.7. The molecule has 0 aliphatic rings. The van der Waals surface area contributed by atoms with E-state index in [4.69, 9.17) is 5.11 Å². The van der Waals surface area contributed by atoms with Gasteiger partial charge in [0, 0.05) is 6.42 Å². The fourth-order valence-electron chi connectivity index (χ4n) is 1.97. The molecule has 0 spiro atoms. The van der Waals surface area contributed by atoms with Gasteiger partial charge in [-0.2, -0.15) is 0 Å². The first-order chi connectivity index (χ1) is 9.01. The maximum absolute atomic E-state index is 11.1. The fraction of sp³-hybridized carbons (Fsp3) is 0.333. The van der Waals surface area contributed by atoms with Crippen LogP contribution in [-0.4, -0.2) is 16.1 Å². The number of carbonyl (C=O) groups is 1. The summed E-state index contributed by atoms with van der Waals surface area (Å²) >= 11 is 1.29. The second kappa shape index (κ2) is 5.53. The topological polar surface area (TPSA) is 50.2 Å². The average Bonchev–Trinajstić information content (AvgIpc) is 2.77. The van der Waals surface area contributed by atoms with Crippen LogP contribution in [0.2, 0.25) is 0 Å². The number of aromatic nitrogens is 1. The van der Waals surface area contributed by atoms with Gasteiger partial charge < -0.3 is 5.11 Å². The summed E-state index contributed by atoms with van der Waals surface area (Å²) in [6.07, 6.45) is 1.36. The lowest BCUT2D eigenvalue weighted by Gasteiger charge is -2.03. The van der Waals surface area contributed by atoms with E-state index in [2.05, 4.69) is 37.0 Å². The van der Waals surface area contributed by atoms with Gasteiger partial charge in [0.15, 0.2) is 0 Å². The Kier molecular flexibility index (Phi) is 4.00. The molecule has 0 saturated heterocycles. The van der Waals surface area contributed by atoms with Crippen LogP contribution in [0.25, 0.3) is 0 Å². The summed E-state index contributed by atoms with van der Waals surface area (Å²) in [7, 11) is 0. The Morgan fingerprint density at radius 3 is 2.58 bits per heavy atom. The van der Waals surface area contributed by atoms with E-state index in [1.807, 2.05) is 6.92 Å². The van der Waals surface area contributed by atoms with E-state index in [1.54, 1.807) is 0 Å². The van der Waals surface area contributed by atoms with Crippen molar-refractivity contribution in [3.05, 3.63) is 50.5 Å². The maximum Gasteiger partial charge on any atom is 0.347 e. The summed E-state index contributed by atoms with van der Waals surface area (Å²) in [6.45, 7) is 6.10. The average molecular weight is 275 g/mol. The predicted molar refractivity (Wildman–Crippen MR) is 77.2 cm³/mol. The lowest BCUT2D eigenvalue weighted by molar-refractivity contribution is 0.0701. The molecule has 0 fully saturated rings. The van der Waals surface area contributed by atoms with Crippen molar-refractivity contribution in [2.24, 2.45) is 0 Å². The van der Waals surface area contributed by atoms with Crippen molar-refractivity contribution in [1.82, 2.24) is 4.98 Å². The number of aromatic carboxylic acids is 1. The number of hydrogen-bond acceptors (Lipinski definition) is 3. The molecule has 4 heteroatoms. The lowest BCUT2D eigenvalue weighted by atomic mass is 10.0. The summed E-state index contributed by atoms with van der Waals surface area (Å²) in [4.78, 5) is 15.9. The smallest absolute Gasteiger partial charge is 0.347 e. The Hall–Kier alpha value is -1.68.